The molecule has 1 amide bonds. The van der Waals surface area contributed by atoms with E-state index in [0.29, 0.717) is 25.5 Å². The monoisotopic (exact) mass is 496 g/mol. The Morgan fingerprint density at radius 2 is 1.59 bits per heavy atom. The lowest BCUT2D eigenvalue weighted by Gasteiger charge is -2.37. The lowest BCUT2D eigenvalue weighted by molar-refractivity contribution is -0.138. The molecule has 1 aliphatic heterocycles. The predicted octanol–water partition coefficient (Wildman–Crippen LogP) is 5.71. The van der Waals surface area contributed by atoms with Crippen molar-refractivity contribution in [2.45, 2.75) is 38.6 Å². The number of hydrogen-bond donors (Lipinski definition) is 0. The fourth-order valence-corrected chi connectivity index (χ4v) is 4.71. The van der Waals surface area contributed by atoms with Gasteiger partial charge in [0.05, 0.1) is 31.4 Å². The first-order chi connectivity index (χ1) is 15.6. The third kappa shape index (κ3) is 4.75. The highest BCUT2D eigenvalue weighted by atomic mass is 79.9. The Kier molecular flexibility index (Phi) is 7.30. The topological polar surface area (TPSA) is 51.1 Å². The van der Waals surface area contributed by atoms with Crippen molar-refractivity contribution >= 4 is 27.5 Å². The van der Waals surface area contributed by atoms with Crippen molar-refractivity contribution in [2.24, 2.45) is 16.9 Å². The average Bonchev–Trinajstić information content (AvgIpc) is 2.83. The molecule has 1 heterocycles. The first-order valence-electron chi connectivity index (χ1n) is 11.2. The van der Waals surface area contributed by atoms with Crippen molar-refractivity contribution < 1.29 is 14.3 Å². The molecule has 2 aromatic carbocycles. The van der Waals surface area contributed by atoms with Gasteiger partial charge in [-0.25, -0.2) is 5.01 Å². The van der Waals surface area contributed by atoms with Gasteiger partial charge in [0.2, 0.25) is 5.91 Å². The predicted molar refractivity (Wildman–Crippen MR) is 130 cm³/mol. The number of allylic oxidation sites excluding steroid dienone is 2. The maximum absolute atomic E-state index is 13.3. The fourth-order valence-electron chi connectivity index (χ4n) is 4.34. The molecular formula is C26H29BrN2O3. The van der Waals surface area contributed by atoms with E-state index >= 15 is 0 Å². The van der Waals surface area contributed by atoms with E-state index in [1.165, 1.54) is 5.56 Å². The molecule has 2 unspecified atom stereocenters. The van der Waals surface area contributed by atoms with Crippen molar-refractivity contribution in [3.63, 3.8) is 0 Å². The molecule has 4 rings (SSSR count). The second-order valence-corrected chi connectivity index (χ2v) is 8.58. The van der Waals surface area contributed by atoms with Crippen LogP contribution in [0.25, 0.3) is 0 Å². The largest absolute Gasteiger partial charge is 0.490 e. The van der Waals surface area contributed by atoms with Crippen LogP contribution in [0.2, 0.25) is 0 Å². The zero-order valence-corrected chi connectivity index (χ0v) is 20.2. The van der Waals surface area contributed by atoms with Crippen LogP contribution < -0.4 is 9.47 Å². The molecule has 0 N–H and O–H groups in total. The molecular weight excluding hydrogens is 468 g/mol. The molecule has 6 heteroatoms. The second kappa shape index (κ2) is 10.3. The van der Waals surface area contributed by atoms with Gasteiger partial charge in [-0.1, -0.05) is 52.3 Å². The van der Waals surface area contributed by atoms with Crippen LogP contribution in [0.1, 0.15) is 43.4 Å². The van der Waals surface area contributed by atoms with E-state index in [-0.39, 0.29) is 17.7 Å². The van der Waals surface area contributed by atoms with Gasteiger partial charge < -0.3 is 9.47 Å². The van der Waals surface area contributed by atoms with E-state index in [0.717, 1.165) is 40.8 Å². The van der Waals surface area contributed by atoms with Crippen molar-refractivity contribution in [1.82, 2.24) is 5.01 Å². The molecule has 0 spiro atoms. The summed E-state index contributed by atoms with van der Waals surface area (Å²) in [6, 6.07) is 14.3. The molecule has 0 radical (unpaired) electrons. The molecule has 2 aliphatic rings. The summed E-state index contributed by atoms with van der Waals surface area (Å²) in [6.07, 6.45) is 5.85. The standard InChI is InChI=1S/C26H29BrN2O3/c1-3-31-23-14-13-20(15-24(23)32-4-2)25-21-7-5-6-8-22(21)26(30)29(28-25)17-19-11-9-18(16-27)10-12-19/h5-6,9-15,21-22H,3-4,7-8,16-17H2,1-2H3. The SMILES string of the molecule is CCOc1ccc(C2=NN(Cc3ccc(CBr)cc3)C(=O)C3CC=CCC23)cc1OCC. The summed E-state index contributed by atoms with van der Waals surface area (Å²) < 4.78 is 11.6. The third-order valence-corrected chi connectivity index (χ3v) is 6.58. The summed E-state index contributed by atoms with van der Waals surface area (Å²) in [5, 5.41) is 7.36. The van der Waals surface area contributed by atoms with Gasteiger partial charge in [0, 0.05) is 16.8 Å². The van der Waals surface area contributed by atoms with Crippen LogP contribution in [0.3, 0.4) is 0 Å². The van der Waals surface area contributed by atoms with Gasteiger partial charge in [-0.3, -0.25) is 4.79 Å². The van der Waals surface area contributed by atoms with Gasteiger partial charge >= 0.3 is 0 Å². The molecule has 2 atom stereocenters. The number of rotatable bonds is 8. The van der Waals surface area contributed by atoms with Crippen LogP contribution in [-0.2, 0) is 16.7 Å². The summed E-state index contributed by atoms with van der Waals surface area (Å²) >= 11 is 3.48. The number of hydrogen-bond acceptors (Lipinski definition) is 4. The molecule has 5 nitrogen and oxygen atoms in total. The zero-order valence-electron chi connectivity index (χ0n) is 18.6. The van der Waals surface area contributed by atoms with Crippen molar-refractivity contribution in [3.05, 3.63) is 71.3 Å². The number of benzene rings is 2. The van der Waals surface area contributed by atoms with Gasteiger partial charge in [0.1, 0.15) is 0 Å². The minimum absolute atomic E-state index is 0.0759. The van der Waals surface area contributed by atoms with Gasteiger partial charge in [0.25, 0.3) is 0 Å². The smallest absolute Gasteiger partial charge is 0.247 e. The van der Waals surface area contributed by atoms with E-state index in [1.54, 1.807) is 5.01 Å². The zero-order chi connectivity index (χ0) is 22.5. The Hall–Kier alpha value is -2.60. The lowest BCUT2D eigenvalue weighted by atomic mass is 9.76. The maximum Gasteiger partial charge on any atom is 0.247 e. The number of fused-ring (bicyclic) bond motifs is 1. The Labute approximate surface area is 198 Å². The van der Waals surface area contributed by atoms with Gasteiger partial charge in [-0.15, -0.1) is 0 Å². The third-order valence-electron chi connectivity index (χ3n) is 5.93. The first-order valence-corrected chi connectivity index (χ1v) is 12.3. The quantitative estimate of drug-likeness (QED) is 0.347. The molecule has 0 saturated carbocycles. The minimum Gasteiger partial charge on any atom is -0.490 e. The number of ether oxygens (including phenoxy) is 2. The van der Waals surface area contributed by atoms with Crippen LogP contribution >= 0.6 is 15.9 Å². The van der Waals surface area contributed by atoms with E-state index in [2.05, 4.69) is 52.3 Å². The summed E-state index contributed by atoms with van der Waals surface area (Å²) in [5.41, 5.74) is 4.20. The number of alkyl halides is 1. The highest BCUT2D eigenvalue weighted by Gasteiger charge is 2.40. The number of hydrazone groups is 1. The highest BCUT2D eigenvalue weighted by molar-refractivity contribution is 9.08. The molecule has 32 heavy (non-hydrogen) atoms. The van der Waals surface area contributed by atoms with Crippen LogP contribution in [0, 0.1) is 11.8 Å². The van der Waals surface area contributed by atoms with Gasteiger partial charge in [-0.05, 0) is 56.0 Å². The number of amides is 1. The van der Waals surface area contributed by atoms with Gasteiger partial charge in [0.15, 0.2) is 11.5 Å². The number of carbonyl (C=O) groups is 1. The van der Waals surface area contributed by atoms with Crippen LogP contribution in [0.5, 0.6) is 11.5 Å². The molecule has 0 bridgehead atoms. The number of nitrogens with zero attached hydrogens (tertiary/aromatic N) is 2. The molecule has 1 aliphatic carbocycles. The van der Waals surface area contributed by atoms with E-state index in [9.17, 15) is 4.79 Å². The van der Waals surface area contributed by atoms with E-state index < -0.39 is 0 Å². The fraction of sp³-hybridized carbons (Fsp3) is 0.385. The second-order valence-electron chi connectivity index (χ2n) is 8.01. The molecule has 0 aromatic heterocycles. The van der Waals surface area contributed by atoms with Crippen LogP contribution in [-0.4, -0.2) is 29.8 Å². The minimum atomic E-state index is -0.0866. The van der Waals surface area contributed by atoms with Crippen molar-refractivity contribution in [1.29, 1.82) is 0 Å². The average molecular weight is 497 g/mol. The maximum atomic E-state index is 13.3. The summed E-state index contributed by atoms with van der Waals surface area (Å²) in [4.78, 5) is 13.3. The molecule has 0 fully saturated rings. The Balaban J connectivity index is 1.70. The van der Waals surface area contributed by atoms with Crippen LogP contribution in [0.4, 0.5) is 0 Å². The van der Waals surface area contributed by atoms with Crippen LogP contribution in [0.15, 0.2) is 59.7 Å². The normalized spacial score (nSPS) is 20.0. The Morgan fingerprint density at radius 3 is 2.28 bits per heavy atom. The summed E-state index contributed by atoms with van der Waals surface area (Å²) in [5.74, 6) is 1.53. The molecule has 2 aromatic rings. The van der Waals surface area contributed by atoms with Crippen molar-refractivity contribution in [2.75, 3.05) is 13.2 Å². The number of carbonyl (C=O) groups excluding carboxylic acids is 1. The van der Waals surface area contributed by atoms with Gasteiger partial charge in [-0.2, -0.15) is 5.10 Å². The summed E-state index contributed by atoms with van der Waals surface area (Å²) in [7, 11) is 0. The van der Waals surface area contributed by atoms with E-state index in [1.807, 2.05) is 32.0 Å². The highest BCUT2D eigenvalue weighted by Crippen LogP contribution is 2.37. The lowest BCUT2D eigenvalue weighted by Crippen LogP contribution is -2.45. The first kappa shape index (κ1) is 22.6. The summed E-state index contributed by atoms with van der Waals surface area (Å²) in [6.45, 7) is 5.52. The van der Waals surface area contributed by atoms with E-state index in [4.69, 9.17) is 14.6 Å². The van der Waals surface area contributed by atoms with Crippen molar-refractivity contribution in [3.8, 4) is 11.5 Å². The molecule has 168 valence electrons. The molecule has 0 saturated heterocycles. The number of halogens is 1. The Bertz CT molecular complexity index is 1020. The Morgan fingerprint density at radius 1 is 0.938 bits per heavy atom.